The van der Waals surface area contributed by atoms with Crippen LogP contribution in [0, 0.1) is 13.8 Å². The first kappa shape index (κ1) is 17.0. The van der Waals surface area contributed by atoms with Crippen LogP contribution in [0.5, 0.6) is 5.75 Å². The van der Waals surface area contributed by atoms with Gasteiger partial charge < -0.3 is 20.1 Å². The lowest BCUT2D eigenvalue weighted by molar-refractivity contribution is 0.198. The van der Waals surface area contributed by atoms with Gasteiger partial charge in [0.15, 0.2) is 0 Å². The van der Waals surface area contributed by atoms with Crippen LogP contribution in [0.4, 0.5) is 17.5 Å². The summed E-state index contributed by atoms with van der Waals surface area (Å²) in [6.07, 6.45) is 0.925. The van der Waals surface area contributed by atoms with E-state index >= 15 is 0 Å². The summed E-state index contributed by atoms with van der Waals surface area (Å²) < 4.78 is 10.4. The first-order chi connectivity index (χ1) is 11.1. The van der Waals surface area contributed by atoms with Gasteiger partial charge in [0.1, 0.15) is 11.6 Å². The molecule has 6 nitrogen and oxygen atoms in total. The lowest BCUT2D eigenvalue weighted by atomic mass is 10.2. The zero-order valence-electron chi connectivity index (χ0n) is 14.1. The second-order valence-corrected chi connectivity index (χ2v) is 5.32. The Kier molecular flexibility index (Phi) is 6.17. The molecule has 0 aliphatic rings. The monoisotopic (exact) mass is 316 g/mol. The van der Waals surface area contributed by atoms with E-state index in [0.717, 1.165) is 48.1 Å². The number of rotatable bonds is 8. The van der Waals surface area contributed by atoms with Crippen molar-refractivity contribution in [2.45, 2.75) is 20.3 Å². The molecule has 0 amide bonds. The summed E-state index contributed by atoms with van der Waals surface area (Å²) in [5, 5.41) is 6.52. The Labute approximate surface area is 137 Å². The van der Waals surface area contributed by atoms with Gasteiger partial charge in [0.25, 0.3) is 0 Å². The van der Waals surface area contributed by atoms with Crippen LogP contribution in [0.15, 0.2) is 24.3 Å². The van der Waals surface area contributed by atoms with Gasteiger partial charge in [-0.1, -0.05) is 6.07 Å². The molecule has 0 saturated carbocycles. The lowest BCUT2D eigenvalue weighted by Gasteiger charge is -2.13. The van der Waals surface area contributed by atoms with Crippen molar-refractivity contribution in [1.82, 2.24) is 9.97 Å². The van der Waals surface area contributed by atoms with Crippen LogP contribution in [0.1, 0.15) is 17.7 Å². The summed E-state index contributed by atoms with van der Waals surface area (Å²) in [7, 11) is 3.35. The van der Waals surface area contributed by atoms with Crippen LogP contribution < -0.4 is 15.4 Å². The maximum atomic E-state index is 5.38. The molecule has 1 heterocycles. The fourth-order valence-corrected chi connectivity index (χ4v) is 2.19. The summed E-state index contributed by atoms with van der Waals surface area (Å²) >= 11 is 0. The van der Waals surface area contributed by atoms with Crippen molar-refractivity contribution in [3.8, 4) is 5.75 Å². The fourth-order valence-electron chi connectivity index (χ4n) is 2.19. The Bertz CT molecular complexity index is 646. The molecule has 0 saturated heterocycles. The van der Waals surface area contributed by atoms with Crippen molar-refractivity contribution < 1.29 is 9.47 Å². The molecule has 2 rings (SSSR count). The lowest BCUT2D eigenvalue weighted by Crippen LogP contribution is -2.08. The number of benzene rings is 1. The Morgan fingerprint density at radius 3 is 2.65 bits per heavy atom. The third-order valence-electron chi connectivity index (χ3n) is 3.29. The van der Waals surface area contributed by atoms with E-state index in [4.69, 9.17) is 9.47 Å². The third-order valence-corrected chi connectivity index (χ3v) is 3.29. The quantitative estimate of drug-likeness (QED) is 0.728. The zero-order chi connectivity index (χ0) is 16.7. The maximum Gasteiger partial charge on any atom is 0.229 e. The standard InChI is InChI=1S/C17H24N4O2/c1-12-6-7-15(23-4)14(10-12)20-17-19-13(2)11-16(21-17)18-8-5-9-22-3/h6-7,10-11H,5,8-9H2,1-4H3,(H2,18,19,20,21). The molecule has 124 valence electrons. The van der Waals surface area contributed by atoms with E-state index in [9.17, 15) is 0 Å². The summed E-state index contributed by atoms with van der Waals surface area (Å²) in [5.74, 6) is 2.10. The number of nitrogens with one attached hydrogen (secondary N) is 2. The predicted molar refractivity (Wildman–Crippen MR) is 92.8 cm³/mol. The van der Waals surface area contributed by atoms with Gasteiger partial charge >= 0.3 is 0 Å². The molecule has 23 heavy (non-hydrogen) atoms. The minimum Gasteiger partial charge on any atom is -0.495 e. The first-order valence-electron chi connectivity index (χ1n) is 7.62. The summed E-state index contributed by atoms with van der Waals surface area (Å²) in [6, 6.07) is 7.86. The SMILES string of the molecule is COCCCNc1cc(C)nc(Nc2cc(C)ccc2OC)n1. The van der Waals surface area contributed by atoms with Crippen molar-refractivity contribution >= 4 is 17.5 Å². The fraction of sp³-hybridized carbons (Fsp3) is 0.412. The van der Waals surface area contributed by atoms with E-state index < -0.39 is 0 Å². The van der Waals surface area contributed by atoms with Gasteiger partial charge in [-0.3, -0.25) is 0 Å². The van der Waals surface area contributed by atoms with Crippen LogP contribution >= 0.6 is 0 Å². The van der Waals surface area contributed by atoms with Crippen molar-refractivity contribution in [3.63, 3.8) is 0 Å². The Morgan fingerprint density at radius 1 is 1.09 bits per heavy atom. The molecule has 6 heteroatoms. The number of nitrogens with zero attached hydrogens (tertiary/aromatic N) is 2. The largest absolute Gasteiger partial charge is 0.495 e. The Balaban J connectivity index is 2.13. The molecule has 0 fully saturated rings. The molecular formula is C17H24N4O2. The van der Waals surface area contributed by atoms with Crippen LogP contribution in [0.25, 0.3) is 0 Å². The number of hydrogen-bond donors (Lipinski definition) is 2. The van der Waals surface area contributed by atoms with Crippen molar-refractivity contribution in [1.29, 1.82) is 0 Å². The van der Waals surface area contributed by atoms with E-state index in [2.05, 4.69) is 20.6 Å². The van der Waals surface area contributed by atoms with E-state index in [1.807, 2.05) is 38.1 Å². The topological polar surface area (TPSA) is 68.3 Å². The smallest absolute Gasteiger partial charge is 0.229 e. The average Bonchev–Trinajstić information content (AvgIpc) is 2.51. The summed E-state index contributed by atoms with van der Waals surface area (Å²) in [5.41, 5.74) is 2.88. The second-order valence-electron chi connectivity index (χ2n) is 5.32. The molecule has 0 aliphatic carbocycles. The number of ether oxygens (including phenoxy) is 2. The van der Waals surface area contributed by atoms with Crippen molar-refractivity contribution in [3.05, 3.63) is 35.5 Å². The molecule has 0 spiro atoms. The molecule has 2 N–H and O–H groups in total. The van der Waals surface area contributed by atoms with Crippen molar-refractivity contribution in [2.24, 2.45) is 0 Å². The van der Waals surface area contributed by atoms with Crippen LogP contribution in [-0.2, 0) is 4.74 Å². The highest BCUT2D eigenvalue weighted by atomic mass is 16.5. The molecule has 0 bridgehead atoms. The minimum atomic E-state index is 0.545. The van der Waals surface area contributed by atoms with Crippen molar-refractivity contribution in [2.75, 3.05) is 38.0 Å². The van der Waals surface area contributed by atoms with Gasteiger partial charge in [0.05, 0.1) is 12.8 Å². The number of methoxy groups -OCH3 is 2. The highest BCUT2D eigenvalue weighted by molar-refractivity contribution is 5.64. The summed E-state index contributed by atoms with van der Waals surface area (Å²) in [6.45, 7) is 5.51. The number of aryl methyl sites for hydroxylation is 2. The van der Waals surface area contributed by atoms with Gasteiger partial charge in [-0.15, -0.1) is 0 Å². The normalized spacial score (nSPS) is 10.4. The number of anilines is 3. The molecule has 0 aliphatic heterocycles. The molecule has 2 aromatic rings. The van der Waals surface area contributed by atoms with Gasteiger partial charge in [-0.25, -0.2) is 4.98 Å². The summed E-state index contributed by atoms with van der Waals surface area (Å²) in [4.78, 5) is 8.94. The van der Waals surface area contributed by atoms with Gasteiger partial charge in [-0.2, -0.15) is 4.98 Å². The maximum absolute atomic E-state index is 5.38. The Hall–Kier alpha value is -2.34. The van der Waals surface area contributed by atoms with E-state index in [0.29, 0.717) is 5.95 Å². The molecule has 0 radical (unpaired) electrons. The minimum absolute atomic E-state index is 0.545. The van der Waals surface area contributed by atoms with Crippen LogP contribution in [0.2, 0.25) is 0 Å². The third kappa shape index (κ3) is 5.10. The van der Waals surface area contributed by atoms with Gasteiger partial charge in [0.2, 0.25) is 5.95 Å². The number of hydrogen-bond acceptors (Lipinski definition) is 6. The van der Waals surface area contributed by atoms with Gasteiger partial charge in [-0.05, 0) is 38.0 Å². The zero-order valence-corrected chi connectivity index (χ0v) is 14.1. The van der Waals surface area contributed by atoms with E-state index in [-0.39, 0.29) is 0 Å². The van der Waals surface area contributed by atoms with E-state index in [1.165, 1.54) is 0 Å². The first-order valence-corrected chi connectivity index (χ1v) is 7.62. The average molecular weight is 316 g/mol. The predicted octanol–water partition coefficient (Wildman–Crippen LogP) is 3.29. The molecule has 0 unspecified atom stereocenters. The second kappa shape index (κ2) is 8.33. The van der Waals surface area contributed by atoms with Crippen LogP contribution in [-0.4, -0.2) is 37.3 Å². The highest BCUT2D eigenvalue weighted by Crippen LogP contribution is 2.27. The molecular weight excluding hydrogens is 292 g/mol. The number of aromatic nitrogens is 2. The highest BCUT2D eigenvalue weighted by Gasteiger charge is 2.07. The molecule has 1 aromatic heterocycles. The molecule has 0 atom stereocenters. The molecule has 1 aromatic carbocycles. The van der Waals surface area contributed by atoms with E-state index in [1.54, 1.807) is 14.2 Å². The Morgan fingerprint density at radius 2 is 1.91 bits per heavy atom. The van der Waals surface area contributed by atoms with Gasteiger partial charge in [0, 0.05) is 32.0 Å². The van der Waals surface area contributed by atoms with Crippen LogP contribution in [0.3, 0.4) is 0 Å².